The van der Waals surface area contributed by atoms with Gasteiger partial charge in [-0.05, 0) is 24.3 Å². The van der Waals surface area contributed by atoms with E-state index in [1.54, 1.807) is 6.07 Å². The van der Waals surface area contributed by atoms with E-state index in [1.165, 1.54) is 0 Å². The van der Waals surface area contributed by atoms with Crippen LogP contribution in [0.1, 0.15) is 0 Å². The van der Waals surface area contributed by atoms with Crippen molar-refractivity contribution in [1.82, 2.24) is 15.2 Å². The summed E-state index contributed by atoms with van der Waals surface area (Å²) in [5.74, 6) is 1.89. The van der Waals surface area contributed by atoms with E-state index in [-0.39, 0.29) is 0 Å². The fourth-order valence-electron chi connectivity index (χ4n) is 2.21. The van der Waals surface area contributed by atoms with Crippen molar-refractivity contribution in [3.05, 3.63) is 41.7 Å². The monoisotopic (exact) mass is 401 g/mol. The average molecular weight is 402 g/mol. The molecule has 3 rings (SSSR count). The van der Waals surface area contributed by atoms with Gasteiger partial charge in [0.15, 0.2) is 11.0 Å². The van der Waals surface area contributed by atoms with Crippen molar-refractivity contribution < 1.29 is 0 Å². The number of aromatic nitrogens is 3. The normalized spacial score (nSPS) is 19.2. The molecule has 3 heterocycles. The fraction of sp³-hybridized carbons (Fsp3) is 0.308. The summed E-state index contributed by atoms with van der Waals surface area (Å²) in [7, 11) is 0. The van der Waals surface area contributed by atoms with Gasteiger partial charge in [0.1, 0.15) is 5.82 Å². The third-order valence-electron chi connectivity index (χ3n) is 3.21. The highest BCUT2D eigenvalue weighted by Gasteiger charge is 2.26. The highest BCUT2D eigenvalue weighted by atomic mass is 127. The van der Waals surface area contributed by atoms with Crippen LogP contribution in [0.2, 0.25) is 5.15 Å². The van der Waals surface area contributed by atoms with Crippen molar-refractivity contribution in [1.29, 1.82) is 0 Å². The third kappa shape index (κ3) is 2.95. The second-order valence-electron chi connectivity index (χ2n) is 4.48. The van der Waals surface area contributed by atoms with Crippen LogP contribution in [-0.4, -0.2) is 38.9 Å². The van der Waals surface area contributed by atoms with Gasteiger partial charge in [-0.2, -0.15) is 0 Å². The van der Waals surface area contributed by atoms with Gasteiger partial charge >= 0.3 is 0 Å². The smallest absolute Gasteiger partial charge is 0.152 e. The molecule has 20 heavy (non-hydrogen) atoms. The quantitative estimate of drug-likeness (QED) is 0.440. The lowest BCUT2D eigenvalue weighted by atomic mass is 10.3. The van der Waals surface area contributed by atoms with E-state index in [4.69, 9.17) is 11.6 Å². The first kappa shape index (κ1) is 13.8. The van der Waals surface area contributed by atoms with Crippen molar-refractivity contribution in [2.24, 2.45) is 0 Å². The van der Waals surface area contributed by atoms with Crippen LogP contribution in [0.3, 0.4) is 0 Å². The first-order valence-corrected chi connectivity index (χ1v) is 7.92. The summed E-state index contributed by atoms with van der Waals surface area (Å²) >= 11 is 8.21. The summed E-state index contributed by atoms with van der Waals surface area (Å²) in [5, 5.41) is 8.49. The lowest BCUT2D eigenvalue weighted by molar-refractivity contribution is 0.624. The Hall–Kier alpha value is -1.15. The number of nitrogens with zero attached hydrogens (tertiary/aromatic N) is 5. The maximum atomic E-state index is 5.78. The van der Waals surface area contributed by atoms with E-state index in [1.807, 2.05) is 30.5 Å². The molecule has 5 nitrogen and oxygen atoms in total. The summed E-state index contributed by atoms with van der Waals surface area (Å²) in [6, 6.07) is 9.68. The van der Waals surface area contributed by atoms with Crippen LogP contribution >= 0.6 is 34.2 Å². The minimum Gasteiger partial charge on any atom is -0.352 e. The Balaban J connectivity index is 1.72. The standard InChI is InChI=1S/C13H13ClIN5/c14-10-4-5-13(18-17-10)20-8-7-19(9-11(20)15)12-3-1-2-6-16-12/h1-6,11H,7-9H2. The number of hydrogen-bond donors (Lipinski definition) is 0. The number of hydrogen-bond acceptors (Lipinski definition) is 5. The van der Waals surface area contributed by atoms with Gasteiger partial charge < -0.3 is 9.80 Å². The van der Waals surface area contributed by atoms with Gasteiger partial charge in [-0.15, -0.1) is 10.2 Å². The number of halogens is 2. The third-order valence-corrected chi connectivity index (χ3v) is 4.47. The van der Waals surface area contributed by atoms with Crippen LogP contribution in [-0.2, 0) is 0 Å². The lowest BCUT2D eigenvalue weighted by Crippen LogP contribution is -2.51. The molecule has 1 unspecified atom stereocenters. The molecule has 2 aromatic rings. The summed E-state index contributed by atoms with van der Waals surface area (Å²) in [6.45, 7) is 2.71. The zero-order chi connectivity index (χ0) is 13.9. The van der Waals surface area contributed by atoms with Crippen LogP contribution in [0.5, 0.6) is 0 Å². The first-order chi connectivity index (χ1) is 9.74. The highest BCUT2D eigenvalue weighted by molar-refractivity contribution is 14.1. The van der Waals surface area contributed by atoms with Crippen LogP contribution in [0.4, 0.5) is 11.6 Å². The Labute approximate surface area is 136 Å². The highest BCUT2D eigenvalue weighted by Crippen LogP contribution is 2.24. The molecule has 1 aliphatic heterocycles. The summed E-state index contributed by atoms with van der Waals surface area (Å²) in [5.41, 5.74) is 0. The molecule has 1 saturated heterocycles. The van der Waals surface area contributed by atoms with E-state index < -0.39 is 0 Å². The van der Waals surface area contributed by atoms with Crippen molar-refractivity contribution >= 4 is 45.8 Å². The molecule has 0 amide bonds. The van der Waals surface area contributed by atoms with Crippen molar-refractivity contribution in [2.75, 3.05) is 29.4 Å². The zero-order valence-electron chi connectivity index (χ0n) is 10.7. The van der Waals surface area contributed by atoms with Gasteiger partial charge in [0.25, 0.3) is 0 Å². The molecule has 0 aromatic carbocycles. The van der Waals surface area contributed by atoms with Crippen LogP contribution < -0.4 is 9.80 Å². The van der Waals surface area contributed by atoms with E-state index in [9.17, 15) is 0 Å². The summed E-state index contributed by atoms with van der Waals surface area (Å²) in [6.07, 6.45) is 1.83. The number of piperazine rings is 1. The molecule has 104 valence electrons. The molecule has 1 fully saturated rings. The lowest BCUT2D eigenvalue weighted by Gasteiger charge is -2.39. The van der Waals surface area contributed by atoms with Crippen molar-refractivity contribution in [2.45, 2.75) is 4.05 Å². The molecule has 0 bridgehead atoms. The minimum absolute atomic E-state index is 0.318. The number of pyridine rings is 1. The Morgan fingerprint density at radius 3 is 2.65 bits per heavy atom. The molecule has 2 aromatic heterocycles. The molecule has 0 spiro atoms. The zero-order valence-corrected chi connectivity index (χ0v) is 13.6. The van der Waals surface area contributed by atoms with Crippen LogP contribution in [0.25, 0.3) is 0 Å². The van der Waals surface area contributed by atoms with Crippen LogP contribution in [0.15, 0.2) is 36.5 Å². The predicted molar refractivity (Wildman–Crippen MR) is 88.6 cm³/mol. The molecule has 0 aliphatic carbocycles. The predicted octanol–water partition coefficient (Wildman–Crippen LogP) is 2.61. The molecular formula is C13H13ClIN5. The van der Waals surface area contributed by atoms with E-state index >= 15 is 0 Å². The topological polar surface area (TPSA) is 45.2 Å². The van der Waals surface area contributed by atoms with Gasteiger partial charge in [-0.3, -0.25) is 0 Å². The fourth-order valence-corrected chi connectivity index (χ4v) is 3.35. The number of alkyl halides is 1. The first-order valence-electron chi connectivity index (χ1n) is 6.30. The molecule has 1 atom stereocenters. The van der Waals surface area contributed by atoms with Gasteiger partial charge in [0.2, 0.25) is 0 Å². The van der Waals surface area contributed by atoms with Gasteiger partial charge in [-0.25, -0.2) is 4.98 Å². The Morgan fingerprint density at radius 1 is 1.10 bits per heavy atom. The maximum absolute atomic E-state index is 5.78. The summed E-state index contributed by atoms with van der Waals surface area (Å²) in [4.78, 5) is 8.93. The molecule has 0 saturated carbocycles. The van der Waals surface area contributed by atoms with Crippen molar-refractivity contribution in [3.8, 4) is 0 Å². The molecule has 7 heteroatoms. The van der Waals surface area contributed by atoms with Gasteiger partial charge in [0, 0.05) is 25.8 Å². The Bertz CT molecular complexity index is 565. The largest absolute Gasteiger partial charge is 0.352 e. The average Bonchev–Trinajstić information content (AvgIpc) is 2.49. The maximum Gasteiger partial charge on any atom is 0.152 e. The second-order valence-corrected chi connectivity index (χ2v) is 6.30. The summed E-state index contributed by atoms with van der Waals surface area (Å²) < 4.78 is 0.318. The van der Waals surface area contributed by atoms with E-state index in [0.717, 1.165) is 31.3 Å². The minimum atomic E-state index is 0.318. The molecule has 0 radical (unpaired) electrons. The van der Waals surface area contributed by atoms with E-state index in [2.05, 4.69) is 47.6 Å². The second kappa shape index (κ2) is 6.09. The van der Waals surface area contributed by atoms with Crippen LogP contribution in [0, 0.1) is 0 Å². The number of anilines is 2. The van der Waals surface area contributed by atoms with E-state index in [0.29, 0.717) is 9.20 Å². The van der Waals surface area contributed by atoms with Gasteiger partial charge in [-0.1, -0.05) is 40.3 Å². The van der Waals surface area contributed by atoms with Gasteiger partial charge in [0.05, 0.1) is 4.05 Å². The molecule has 0 N–H and O–H groups in total. The molecular weight excluding hydrogens is 389 g/mol. The number of rotatable bonds is 2. The van der Waals surface area contributed by atoms with Crippen molar-refractivity contribution in [3.63, 3.8) is 0 Å². The Kier molecular flexibility index (Phi) is 4.21. The Morgan fingerprint density at radius 2 is 2.00 bits per heavy atom. The SMILES string of the molecule is Clc1ccc(N2CCN(c3ccccn3)CC2I)nn1. The molecule has 1 aliphatic rings.